The fourth-order valence-electron chi connectivity index (χ4n) is 2.41. The number of hydrogen-bond acceptors (Lipinski definition) is 6. The number of halogens is 1. The lowest BCUT2D eigenvalue weighted by Gasteiger charge is -2.08. The highest BCUT2D eigenvalue weighted by atomic mass is 32.2. The van der Waals surface area contributed by atoms with Gasteiger partial charge in [-0.25, -0.2) is 18.8 Å². The number of nitro benzene ring substituents is 1. The van der Waals surface area contributed by atoms with Gasteiger partial charge in [-0.3, -0.25) is 20.1 Å². The van der Waals surface area contributed by atoms with Gasteiger partial charge in [-0.15, -0.1) is 0 Å². The summed E-state index contributed by atoms with van der Waals surface area (Å²) in [6.07, 6.45) is 1.94. The fraction of sp³-hybridized carbons (Fsp3) is 0.350. The number of hydroxylamine groups is 1. The van der Waals surface area contributed by atoms with Crippen molar-refractivity contribution in [3.63, 3.8) is 0 Å². The second kappa shape index (κ2) is 13.4. The van der Waals surface area contributed by atoms with E-state index in [0.717, 1.165) is 12.8 Å². The van der Waals surface area contributed by atoms with Gasteiger partial charge in [0.25, 0.3) is 11.6 Å². The highest BCUT2D eigenvalue weighted by Gasteiger charge is 2.09. The van der Waals surface area contributed by atoms with Crippen molar-refractivity contribution in [2.45, 2.75) is 38.5 Å². The lowest BCUT2D eigenvalue weighted by molar-refractivity contribution is -0.385. The molecule has 2 rings (SSSR count). The molecule has 0 saturated heterocycles. The Bertz CT molecular complexity index is 903. The van der Waals surface area contributed by atoms with Crippen molar-refractivity contribution < 1.29 is 23.5 Å². The normalized spacial score (nSPS) is 11.1. The zero-order valence-electron chi connectivity index (χ0n) is 17.6. The van der Waals surface area contributed by atoms with Gasteiger partial charge < -0.3 is 5.32 Å². The maximum atomic E-state index is 13.2. The molecule has 2 aromatic rings. The van der Waals surface area contributed by atoms with E-state index in [1.807, 2.05) is 6.92 Å². The third kappa shape index (κ3) is 9.20. The summed E-state index contributed by atoms with van der Waals surface area (Å²) < 4.78 is 27.7. The van der Waals surface area contributed by atoms with Crippen molar-refractivity contribution in [2.75, 3.05) is 18.4 Å². The molecule has 0 aliphatic carbocycles. The lowest BCUT2D eigenvalue weighted by Crippen LogP contribution is -2.26. The number of aryl methyl sites for hydroxylation is 2. The van der Waals surface area contributed by atoms with Gasteiger partial charge in [-0.05, 0) is 49.6 Å². The number of non-ortho nitro benzene ring substituents is 1. The molecule has 1 amide bonds. The minimum Gasteiger partial charge on any atom is -0.376 e. The van der Waals surface area contributed by atoms with Crippen molar-refractivity contribution in [3.05, 3.63) is 63.5 Å². The Morgan fingerprint density at radius 1 is 1.23 bits per heavy atom. The van der Waals surface area contributed by atoms with E-state index >= 15 is 0 Å². The van der Waals surface area contributed by atoms with Crippen LogP contribution in [0.5, 0.6) is 0 Å². The predicted molar refractivity (Wildman–Crippen MR) is 117 cm³/mol. The Balaban J connectivity index is 0.000000311. The van der Waals surface area contributed by atoms with Gasteiger partial charge in [0.1, 0.15) is 16.8 Å². The van der Waals surface area contributed by atoms with Gasteiger partial charge in [0.05, 0.1) is 16.4 Å². The Hall–Kier alpha value is -2.89. The highest BCUT2D eigenvalue weighted by molar-refractivity contribution is 7.83. The molecule has 2 aromatic carbocycles. The van der Waals surface area contributed by atoms with Crippen LogP contribution in [-0.2, 0) is 15.8 Å². The molecule has 0 aromatic heterocycles. The third-order valence-corrected chi connectivity index (χ3v) is 5.17. The van der Waals surface area contributed by atoms with Crippen LogP contribution >= 0.6 is 0 Å². The number of carbonyl (C=O) groups excluding carboxylic acids is 1. The molecule has 0 spiro atoms. The average Bonchev–Trinajstić information content (AvgIpc) is 2.76. The molecule has 0 aliphatic heterocycles. The minimum absolute atomic E-state index is 0.0388. The maximum Gasteiger partial charge on any atom is 0.270 e. The summed E-state index contributed by atoms with van der Waals surface area (Å²) in [5.74, 6) is -0.790. The second-order valence-corrected chi connectivity index (χ2v) is 7.88. The molecule has 9 nitrogen and oxygen atoms in total. The molecule has 170 valence electrons. The van der Waals surface area contributed by atoms with Crippen LogP contribution < -0.4 is 15.5 Å². The number of benzene rings is 2. The first-order chi connectivity index (χ1) is 14.7. The van der Waals surface area contributed by atoms with Gasteiger partial charge in [0, 0.05) is 24.4 Å². The number of unbranched alkanes of at least 4 members (excludes halogenated alkanes) is 1. The summed E-state index contributed by atoms with van der Waals surface area (Å²) in [6, 6.07) is 9.07. The zero-order chi connectivity index (χ0) is 23.4. The van der Waals surface area contributed by atoms with Crippen molar-refractivity contribution in [2.24, 2.45) is 0 Å². The molecule has 0 bridgehead atoms. The summed E-state index contributed by atoms with van der Waals surface area (Å²) in [4.78, 5) is 21.2. The summed E-state index contributed by atoms with van der Waals surface area (Å²) in [5.41, 5.74) is 3.14. The van der Waals surface area contributed by atoms with E-state index in [4.69, 9.17) is 5.21 Å². The molecule has 1 atom stereocenters. The molecular formula is C20H27FN4O5S. The molecule has 0 aliphatic rings. The third-order valence-electron chi connectivity index (χ3n) is 4.02. The van der Waals surface area contributed by atoms with Crippen LogP contribution in [0.3, 0.4) is 0 Å². The first kappa shape index (κ1) is 26.1. The Labute approximate surface area is 182 Å². The van der Waals surface area contributed by atoms with Crippen molar-refractivity contribution in [3.8, 4) is 0 Å². The molecule has 0 radical (unpaired) electrons. The SMILES string of the molecule is CCCCNS(=O)c1cccc([N+](=O)[O-])c1.Cc1cc(NCC(=O)NO)cc(C)c1F. The number of anilines is 1. The maximum absolute atomic E-state index is 13.2. The minimum atomic E-state index is -1.37. The van der Waals surface area contributed by atoms with Crippen LogP contribution in [0.25, 0.3) is 0 Å². The Morgan fingerprint density at radius 3 is 2.42 bits per heavy atom. The van der Waals surface area contributed by atoms with E-state index in [9.17, 15) is 23.5 Å². The number of carbonyl (C=O) groups is 1. The lowest BCUT2D eigenvalue weighted by atomic mass is 10.1. The van der Waals surface area contributed by atoms with Crippen molar-refractivity contribution in [1.82, 2.24) is 10.2 Å². The highest BCUT2D eigenvalue weighted by Crippen LogP contribution is 2.18. The topological polar surface area (TPSA) is 134 Å². The van der Waals surface area contributed by atoms with E-state index in [1.54, 1.807) is 32.0 Å². The van der Waals surface area contributed by atoms with E-state index in [-0.39, 0.29) is 18.0 Å². The molecule has 0 saturated carbocycles. The second-order valence-electron chi connectivity index (χ2n) is 6.58. The largest absolute Gasteiger partial charge is 0.376 e. The number of nitro groups is 1. The average molecular weight is 455 g/mol. The van der Waals surface area contributed by atoms with Crippen LogP contribution in [-0.4, -0.2) is 33.3 Å². The first-order valence-corrected chi connectivity index (χ1v) is 10.7. The van der Waals surface area contributed by atoms with Crippen LogP contribution in [0.2, 0.25) is 0 Å². The summed E-state index contributed by atoms with van der Waals surface area (Å²) in [7, 11) is -1.37. The Morgan fingerprint density at radius 2 is 1.87 bits per heavy atom. The summed E-state index contributed by atoms with van der Waals surface area (Å²) in [5, 5.41) is 21.6. The quantitative estimate of drug-likeness (QED) is 0.199. The standard InChI is InChI=1S/C10H13FN2O2.C10H14N2O3S/c1-6-3-8(4-7(2)10(6)11)12-5-9(14)13-15;1-2-3-7-11-16(15)10-6-4-5-9(8-10)12(13)14/h3-4,12,15H,5H2,1-2H3,(H,13,14);4-6,8,11H,2-3,7H2,1H3. The van der Waals surface area contributed by atoms with E-state index < -0.39 is 21.8 Å². The number of hydrogen-bond donors (Lipinski definition) is 4. The number of rotatable bonds is 9. The van der Waals surface area contributed by atoms with Crippen LogP contribution in [0, 0.1) is 29.8 Å². The molecular weight excluding hydrogens is 427 g/mol. The molecule has 4 N–H and O–H groups in total. The van der Waals surface area contributed by atoms with Crippen LogP contribution in [0.4, 0.5) is 15.8 Å². The van der Waals surface area contributed by atoms with E-state index in [2.05, 4.69) is 10.0 Å². The number of nitrogens with one attached hydrogen (secondary N) is 3. The van der Waals surface area contributed by atoms with Gasteiger partial charge in [-0.1, -0.05) is 19.4 Å². The van der Waals surface area contributed by atoms with E-state index in [0.29, 0.717) is 28.3 Å². The zero-order valence-corrected chi connectivity index (χ0v) is 18.4. The molecule has 11 heteroatoms. The van der Waals surface area contributed by atoms with E-state index in [1.165, 1.54) is 23.7 Å². The Kier molecular flexibility index (Phi) is 11.3. The van der Waals surface area contributed by atoms with Gasteiger partial charge in [0.2, 0.25) is 0 Å². The molecule has 31 heavy (non-hydrogen) atoms. The van der Waals surface area contributed by atoms with Crippen molar-refractivity contribution >= 4 is 28.3 Å². The number of nitrogens with zero attached hydrogens (tertiary/aromatic N) is 1. The van der Waals surface area contributed by atoms with Crippen molar-refractivity contribution in [1.29, 1.82) is 0 Å². The van der Waals surface area contributed by atoms with Gasteiger partial charge in [-0.2, -0.15) is 0 Å². The summed E-state index contributed by atoms with van der Waals surface area (Å²) >= 11 is 0. The monoisotopic (exact) mass is 454 g/mol. The fourth-order valence-corrected chi connectivity index (χ4v) is 3.33. The smallest absolute Gasteiger partial charge is 0.270 e. The molecule has 1 unspecified atom stereocenters. The van der Waals surface area contributed by atoms with Gasteiger partial charge >= 0.3 is 0 Å². The predicted octanol–water partition coefficient (Wildman–Crippen LogP) is 3.37. The molecule has 0 fully saturated rings. The number of amides is 1. The summed E-state index contributed by atoms with van der Waals surface area (Å²) in [6.45, 7) is 5.93. The van der Waals surface area contributed by atoms with Crippen LogP contribution in [0.1, 0.15) is 30.9 Å². The van der Waals surface area contributed by atoms with Gasteiger partial charge in [0.15, 0.2) is 0 Å². The van der Waals surface area contributed by atoms with Crippen LogP contribution in [0.15, 0.2) is 41.3 Å². The molecule has 0 heterocycles. The first-order valence-electron chi connectivity index (χ1n) is 9.52.